The number of nitrogens with zero attached hydrogens (tertiary/aromatic N) is 3. The van der Waals surface area contributed by atoms with Crippen LogP contribution in [-0.2, 0) is 19.5 Å². The largest absolute Gasteiger partial charge is 0.497 e. The third kappa shape index (κ3) is 2.61. The predicted molar refractivity (Wildman–Crippen MR) is 76.7 cm³/mol. The van der Waals surface area contributed by atoms with Crippen LogP contribution in [0.4, 0.5) is 0 Å². The molecule has 0 saturated carbocycles. The van der Waals surface area contributed by atoms with Gasteiger partial charge in [-0.1, -0.05) is 0 Å². The van der Waals surface area contributed by atoms with Crippen molar-refractivity contribution in [2.75, 3.05) is 7.11 Å². The summed E-state index contributed by atoms with van der Waals surface area (Å²) in [7, 11) is 1.58. The van der Waals surface area contributed by atoms with Gasteiger partial charge in [-0.2, -0.15) is 5.10 Å². The number of carbonyl (C=O) groups is 1. The average Bonchev–Trinajstić information content (AvgIpc) is 2.84. The average molecular weight is 287 g/mol. The van der Waals surface area contributed by atoms with Crippen molar-refractivity contribution in [3.63, 3.8) is 0 Å². The normalized spacial score (nSPS) is 13.8. The summed E-state index contributed by atoms with van der Waals surface area (Å²) >= 11 is 0. The van der Waals surface area contributed by atoms with Crippen molar-refractivity contribution in [3.05, 3.63) is 46.1 Å². The Kier molecular flexibility index (Phi) is 3.60. The number of Topliss-reactive ketones (excluding diaryl/α,β-unsaturated/α-hetero) is 1. The summed E-state index contributed by atoms with van der Waals surface area (Å²) in [6, 6.07) is 6.85. The first-order chi connectivity index (χ1) is 10.2. The van der Waals surface area contributed by atoms with E-state index in [1.807, 2.05) is 0 Å². The van der Waals surface area contributed by atoms with Crippen LogP contribution < -0.4 is 10.4 Å². The Hall–Kier alpha value is -2.37. The lowest BCUT2D eigenvalue weighted by Crippen LogP contribution is -2.29. The van der Waals surface area contributed by atoms with Crippen LogP contribution >= 0.6 is 0 Å². The summed E-state index contributed by atoms with van der Waals surface area (Å²) in [6.45, 7) is 0.677. The second-order valence-corrected chi connectivity index (χ2v) is 5.12. The monoisotopic (exact) mass is 287 g/mol. The summed E-state index contributed by atoms with van der Waals surface area (Å²) in [4.78, 5) is 24.4. The summed E-state index contributed by atoms with van der Waals surface area (Å²) in [5, 5.41) is 4.27. The lowest BCUT2D eigenvalue weighted by atomic mass is 10.1. The number of rotatable bonds is 4. The molecule has 0 N–H and O–H groups in total. The molecule has 2 aromatic rings. The number of aryl methyl sites for hydroxylation is 1. The zero-order valence-electron chi connectivity index (χ0n) is 11.9. The second kappa shape index (κ2) is 5.55. The number of benzene rings is 1. The van der Waals surface area contributed by atoms with Gasteiger partial charge in [0.2, 0.25) is 0 Å². The zero-order chi connectivity index (χ0) is 14.8. The van der Waals surface area contributed by atoms with Gasteiger partial charge in [0, 0.05) is 18.5 Å². The standard InChI is InChI=1S/C15H17N3O3/c1-21-12-7-5-11(6-8-12)13(19)10-18-15(20)17-9-3-2-4-14(17)16-18/h5-8H,2-4,9-10H2,1H3. The second-order valence-electron chi connectivity index (χ2n) is 5.12. The maximum absolute atomic E-state index is 12.2. The molecule has 0 spiro atoms. The van der Waals surface area contributed by atoms with E-state index in [-0.39, 0.29) is 18.0 Å². The molecule has 21 heavy (non-hydrogen) atoms. The lowest BCUT2D eigenvalue weighted by molar-refractivity contribution is 0.0966. The molecule has 0 fully saturated rings. The molecule has 0 bridgehead atoms. The van der Waals surface area contributed by atoms with Gasteiger partial charge in [-0.3, -0.25) is 9.36 Å². The molecule has 0 atom stereocenters. The predicted octanol–water partition coefficient (Wildman–Crippen LogP) is 1.27. The first-order valence-electron chi connectivity index (χ1n) is 7.03. The van der Waals surface area contributed by atoms with Gasteiger partial charge >= 0.3 is 5.69 Å². The van der Waals surface area contributed by atoms with Crippen molar-refractivity contribution in [1.29, 1.82) is 0 Å². The van der Waals surface area contributed by atoms with Gasteiger partial charge in [-0.25, -0.2) is 9.48 Å². The summed E-state index contributed by atoms with van der Waals surface area (Å²) in [5.74, 6) is 1.35. The molecule has 110 valence electrons. The van der Waals surface area contributed by atoms with Gasteiger partial charge in [0.15, 0.2) is 5.78 Å². The van der Waals surface area contributed by atoms with E-state index >= 15 is 0 Å². The Morgan fingerprint density at radius 2 is 2.05 bits per heavy atom. The van der Waals surface area contributed by atoms with Crippen LogP contribution in [0.3, 0.4) is 0 Å². The number of fused-ring (bicyclic) bond motifs is 1. The SMILES string of the molecule is COc1ccc(C(=O)Cn2nc3n(c2=O)CCCC3)cc1. The highest BCUT2D eigenvalue weighted by Crippen LogP contribution is 2.13. The third-order valence-electron chi connectivity index (χ3n) is 3.74. The van der Waals surface area contributed by atoms with E-state index in [2.05, 4.69) is 5.10 Å². The maximum atomic E-state index is 12.2. The van der Waals surface area contributed by atoms with E-state index in [9.17, 15) is 9.59 Å². The molecule has 6 heteroatoms. The summed E-state index contributed by atoms with van der Waals surface area (Å²) < 4.78 is 8.00. The van der Waals surface area contributed by atoms with Crippen LogP contribution in [0.5, 0.6) is 5.75 Å². The number of ether oxygens (including phenoxy) is 1. The zero-order valence-corrected chi connectivity index (χ0v) is 11.9. The molecule has 6 nitrogen and oxygen atoms in total. The molecule has 0 aliphatic carbocycles. The van der Waals surface area contributed by atoms with Crippen molar-refractivity contribution < 1.29 is 9.53 Å². The molecule has 0 amide bonds. The van der Waals surface area contributed by atoms with Gasteiger partial charge in [0.1, 0.15) is 18.1 Å². The third-order valence-corrected chi connectivity index (χ3v) is 3.74. The molecular formula is C15H17N3O3. The number of hydrogen-bond donors (Lipinski definition) is 0. The Morgan fingerprint density at radius 1 is 1.29 bits per heavy atom. The van der Waals surface area contributed by atoms with E-state index in [4.69, 9.17) is 4.74 Å². The van der Waals surface area contributed by atoms with Crippen molar-refractivity contribution in [2.45, 2.75) is 32.4 Å². The van der Waals surface area contributed by atoms with Crippen LogP contribution in [0, 0.1) is 0 Å². The van der Waals surface area contributed by atoms with E-state index in [1.165, 1.54) is 4.68 Å². The van der Waals surface area contributed by atoms with Crippen molar-refractivity contribution >= 4 is 5.78 Å². The minimum absolute atomic E-state index is 0.0227. The summed E-state index contributed by atoms with van der Waals surface area (Å²) in [6.07, 6.45) is 2.84. The molecule has 1 aliphatic heterocycles. The first kappa shape index (κ1) is 13.6. The molecule has 0 radical (unpaired) electrons. The summed E-state index contributed by atoms with van der Waals surface area (Å²) in [5.41, 5.74) is 0.361. The van der Waals surface area contributed by atoms with Crippen LogP contribution in [0.25, 0.3) is 0 Å². The van der Waals surface area contributed by atoms with Gasteiger partial charge in [0.25, 0.3) is 0 Å². The van der Waals surface area contributed by atoms with E-state index < -0.39 is 0 Å². The minimum Gasteiger partial charge on any atom is -0.497 e. The number of carbonyl (C=O) groups excluding carboxylic acids is 1. The fourth-order valence-electron chi connectivity index (χ4n) is 2.56. The Morgan fingerprint density at radius 3 is 2.71 bits per heavy atom. The fourth-order valence-corrected chi connectivity index (χ4v) is 2.56. The van der Waals surface area contributed by atoms with Gasteiger partial charge in [-0.15, -0.1) is 0 Å². The van der Waals surface area contributed by atoms with Crippen LogP contribution in [-0.4, -0.2) is 27.2 Å². The highest BCUT2D eigenvalue weighted by molar-refractivity contribution is 5.95. The molecule has 0 unspecified atom stereocenters. The molecule has 2 heterocycles. The fraction of sp³-hybridized carbons (Fsp3) is 0.400. The molecular weight excluding hydrogens is 270 g/mol. The molecule has 1 aromatic heterocycles. The smallest absolute Gasteiger partial charge is 0.346 e. The van der Waals surface area contributed by atoms with E-state index in [0.717, 1.165) is 25.1 Å². The van der Waals surface area contributed by atoms with Gasteiger partial charge in [-0.05, 0) is 37.1 Å². The topological polar surface area (TPSA) is 66.1 Å². The number of ketones is 1. The Labute approximate surface area is 122 Å². The maximum Gasteiger partial charge on any atom is 0.346 e. The number of methoxy groups -OCH3 is 1. The van der Waals surface area contributed by atoms with E-state index in [0.29, 0.717) is 17.9 Å². The van der Waals surface area contributed by atoms with Crippen LogP contribution in [0.1, 0.15) is 29.0 Å². The molecule has 1 aliphatic rings. The van der Waals surface area contributed by atoms with Gasteiger partial charge in [0.05, 0.1) is 7.11 Å². The lowest BCUT2D eigenvalue weighted by Gasteiger charge is -2.09. The first-order valence-corrected chi connectivity index (χ1v) is 7.03. The molecule has 1 aromatic carbocycles. The van der Waals surface area contributed by atoms with Crippen LogP contribution in [0.2, 0.25) is 0 Å². The van der Waals surface area contributed by atoms with Crippen LogP contribution in [0.15, 0.2) is 29.1 Å². The highest BCUT2D eigenvalue weighted by atomic mass is 16.5. The highest BCUT2D eigenvalue weighted by Gasteiger charge is 2.18. The molecule has 0 saturated heterocycles. The number of hydrogen-bond acceptors (Lipinski definition) is 4. The Bertz CT molecular complexity index is 713. The number of aromatic nitrogens is 3. The van der Waals surface area contributed by atoms with Gasteiger partial charge < -0.3 is 4.74 Å². The van der Waals surface area contributed by atoms with Crippen molar-refractivity contribution in [1.82, 2.24) is 14.3 Å². The molecule has 3 rings (SSSR count). The van der Waals surface area contributed by atoms with Crippen molar-refractivity contribution in [2.24, 2.45) is 0 Å². The van der Waals surface area contributed by atoms with Crippen molar-refractivity contribution in [3.8, 4) is 5.75 Å². The van der Waals surface area contributed by atoms with E-state index in [1.54, 1.807) is 35.9 Å². The minimum atomic E-state index is -0.188. The quantitative estimate of drug-likeness (QED) is 0.794. The Balaban J connectivity index is 1.81.